The third kappa shape index (κ3) is 39.5. The van der Waals surface area contributed by atoms with Crippen LogP contribution in [-0.2, 0) is 33.2 Å². The average Bonchev–Trinajstić information content (AvgIpc) is 0.809. The minimum absolute atomic E-state index is 0.241. The first-order valence-corrected chi connectivity index (χ1v) is 38.7. The zero-order chi connectivity index (χ0) is 70.4. The van der Waals surface area contributed by atoms with Crippen molar-refractivity contribution >= 4 is 5.91 Å². The number of nitrogens with one attached hydrogen (secondary N) is 1. The van der Waals surface area contributed by atoms with Gasteiger partial charge in [0, 0.05) is 6.42 Å². The van der Waals surface area contributed by atoms with E-state index in [0.29, 0.717) is 12.8 Å². The molecule has 0 aromatic heterocycles. The van der Waals surface area contributed by atoms with Gasteiger partial charge < -0.3 is 89.9 Å². The third-order valence-corrected chi connectivity index (χ3v) is 19.0. The summed E-state index contributed by atoms with van der Waals surface area (Å²) in [4.78, 5) is 13.4. The third-order valence-electron chi connectivity index (χ3n) is 19.0. The number of allylic oxidation sites excluding steroid dienone is 12. The maximum absolute atomic E-state index is 13.4. The topological polar surface area (TPSA) is 307 Å². The highest BCUT2D eigenvalue weighted by atomic mass is 16.8. The quantitative estimate of drug-likeness (QED) is 0.0199. The van der Waals surface area contributed by atoms with E-state index in [0.717, 1.165) is 83.5 Å². The Hall–Kier alpha value is -2.77. The molecule has 97 heavy (non-hydrogen) atoms. The second-order valence-electron chi connectivity index (χ2n) is 27.4. The van der Waals surface area contributed by atoms with Crippen molar-refractivity contribution in [1.82, 2.24) is 5.32 Å². The molecule has 3 rings (SSSR count). The summed E-state index contributed by atoms with van der Waals surface area (Å²) in [6.45, 7) is 1.69. The molecule has 0 aromatic rings. The maximum Gasteiger partial charge on any atom is 0.220 e. The van der Waals surface area contributed by atoms with E-state index >= 15 is 0 Å². The van der Waals surface area contributed by atoms with Crippen LogP contribution in [-0.4, -0.2) is 193 Å². The molecule has 1 amide bonds. The number of hydrogen-bond donors (Lipinski definition) is 12. The predicted octanol–water partition coefficient (Wildman–Crippen LogP) is 12.1. The smallest absolute Gasteiger partial charge is 0.220 e. The van der Waals surface area contributed by atoms with Crippen LogP contribution >= 0.6 is 0 Å². The van der Waals surface area contributed by atoms with Crippen molar-refractivity contribution in [2.24, 2.45) is 0 Å². The fraction of sp³-hybridized carbons (Fsp3) is 0.833. The number of aliphatic hydroxyl groups is 11. The lowest BCUT2D eigenvalue weighted by Gasteiger charge is -2.48. The second kappa shape index (κ2) is 58.7. The molecule has 19 nitrogen and oxygen atoms in total. The highest BCUT2D eigenvalue weighted by Crippen LogP contribution is 2.33. The van der Waals surface area contributed by atoms with Crippen LogP contribution in [0.4, 0.5) is 0 Å². The standard InChI is InChI=1S/C78H139NO18/c1-3-5-7-9-11-13-15-17-18-19-20-21-22-23-24-25-26-27-28-29-30-31-32-33-34-35-36-37-38-39-40-41-42-44-46-48-50-52-54-56-66(84)79-61(62(83)55-53-51-49-47-45-43-16-14-12-10-8-6-4-2)60-92-76-72(90)69(87)74(64(58-81)94-76)97-78-73(91)70(88)75(65(59-82)95-78)96-77-71(89)68(86)67(85)63(57-80)93-77/h5,7,11,13,17-18,20-21,23-24,26-27,61-65,67-78,80-83,85-91H,3-4,6,8-10,12,14-16,19,22,25,28-60H2,1-2H3,(H,79,84)/b7-5-,13-11-,18-17-,21-20-,24-23-,27-26-. The molecule has 17 atom stereocenters. The number of ether oxygens (including phenoxy) is 6. The average molecular weight is 1380 g/mol. The summed E-state index contributed by atoms with van der Waals surface area (Å²) in [6, 6.07) is -0.887. The van der Waals surface area contributed by atoms with E-state index in [2.05, 4.69) is 92.1 Å². The van der Waals surface area contributed by atoms with Gasteiger partial charge >= 0.3 is 0 Å². The van der Waals surface area contributed by atoms with Gasteiger partial charge in [-0.2, -0.15) is 0 Å². The molecule has 0 spiro atoms. The number of carbonyl (C=O) groups excluding carboxylic acids is 1. The van der Waals surface area contributed by atoms with Crippen molar-refractivity contribution < 1.29 is 89.4 Å². The maximum atomic E-state index is 13.4. The molecule has 19 heteroatoms. The van der Waals surface area contributed by atoms with E-state index in [4.69, 9.17) is 28.4 Å². The zero-order valence-electron chi connectivity index (χ0n) is 60.0. The van der Waals surface area contributed by atoms with Crippen molar-refractivity contribution in [2.75, 3.05) is 26.4 Å². The van der Waals surface area contributed by atoms with Gasteiger partial charge in [0.1, 0.15) is 73.2 Å². The van der Waals surface area contributed by atoms with Crippen LogP contribution < -0.4 is 5.32 Å². The zero-order valence-corrected chi connectivity index (χ0v) is 60.0. The molecular weight excluding hydrogens is 1240 g/mol. The summed E-state index contributed by atoms with van der Waals surface area (Å²) in [5.74, 6) is -0.241. The monoisotopic (exact) mass is 1380 g/mol. The summed E-state index contributed by atoms with van der Waals surface area (Å²) >= 11 is 0. The first-order valence-electron chi connectivity index (χ1n) is 38.7. The number of carbonyl (C=O) groups is 1. The van der Waals surface area contributed by atoms with Gasteiger partial charge in [-0.15, -0.1) is 0 Å². The number of amides is 1. The fourth-order valence-corrected chi connectivity index (χ4v) is 12.8. The Morgan fingerprint density at radius 3 is 1.11 bits per heavy atom. The Balaban J connectivity index is 1.29. The normalized spacial score (nSPS) is 27.3. The van der Waals surface area contributed by atoms with Gasteiger partial charge in [-0.05, 0) is 64.2 Å². The Morgan fingerprint density at radius 1 is 0.381 bits per heavy atom. The number of unbranched alkanes of at least 4 members (excludes halogenated alkanes) is 32. The molecule has 12 N–H and O–H groups in total. The van der Waals surface area contributed by atoms with Crippen molar-refractivity contribution in [3.63, 3.8) is 0 Å². The fourth-order valence-electron chi connectivity index (χ4n) is 12.8. The van der Waals surface area contributed by atoms with Crippen LogP contribution in [0.1, 0.15) is 284 Å². The van der Waals surface area contributed by atoms with Crippen molar-refractivity contribution in [2.45, 2.75) is 388 Å². The molecular formula is C78H139NO18. The van der Waals surface area contributed by atoms with Crippen LogP contribution in [0.3, 0.4) is 0 Å². The van der Waals surface area contributed by atoms with Gasteiger partial charge in [0.2, 0.25) is 5.91 Å². The van der Waals surface area contributed by atoms with Crippen LogP contribution in [0.5, 0.6) is 0 Å². The second-order valence-corrected chi connectivity index (χ2v) is 27.4. The molecule has 3 aliphatic rings. The van der Waals surface area contributed by atoms with Crippen molar-refractivity contribution in [3.05, 3.63) is 72.9 Å². The van der Waals surface area contributed by atoms with Crippen molar-refractivity contribution in [3.8, 4) is 0 Å². The van der Waals surface area contributed by atoms with E-state index in [1.165, 1.54) is 167 Å². The van der Waals surface area contributed by atoms with Gasteiger partial charge in [-0.1, -0.05) is 286 Å². The lowest BCUT2D eigenvalue weighted by Crippen LogP contribution is -2.66. The van der Waals surface area contributed by atoms with E-state index < -0.39 is 124 Å². The van der Waals surface area contributed by atoms with Crippen LogP contribution in [0.25, 0.3) is 0 Å². The summed E-state index contributed by atoms with van der Waals surface area (Å²) in [7, 11) is 0. The van der Waals surface area contributed by atoms with E-state index in [1.54, 1.807) is 0 Å². The summed E-state index contributed by atoms with van der Waals surface area (Å²) in [5, 5.41) is 121. The van der Waals surface area contributed by atoms with E-state index in [-0.39, 0.29) is 18.9 Å². The summed E-state index contributed by atoms with van der Waals surface area (Å²) in [6.07, 6.45) is 48.7. The Kier molecular flexibility index (Phi) is 53.5. The molecule has 3 aliphatic heterocycles. The minimum Gasteiger partial charge on any atom is -0.394 e. The highest BCUT2D eigenvalue weighted by molar-refractivity contribution is 5.76. The summed E-state index contributed by atoms with van der Waals surface area (Å²) < 4.78 is 34.4. The van der Waals surface area contributed by atoms with E-state index in [1.807, 2.05) is 0 Å². The molecule has 0 aliphatic carbocycles. The molecule has 564 valence electrons. The Morgan fingerprint density at radius 2 is 0.711 bits per heavy atom. The molecule has 0 bridgehead atoms. The Bertz CT molecular complexity index is 2040. The number of hydrogen-bond acceptors (Lipinski definition) is 18. The number of aliphatic hydroxyl groups excluding tert-OH is 11. The van der Waals surface area contributed by atoms with Gasteiger partial charge in [-0.25, -0.2) is 0 Å². The number of rotatable bonds is 60. The van der Waals surface area contributed by atoms with Gasteiger partial charge in [0.25, 0.3) is 0 Å². The lowest BCUT2D eigenvalue weighted by atomic mass is 9.96. The molecule has 0 aromatic carbocycles. The SMILES string of the molecule is CC/C=C\C/C=C\C/C=C\C/C=C\C/C=C\C/C=C\CCCCCCCCCCCCCCCCCCCCCCC(=O)NC(COC1OC(CO)C(OC2OC(CO)C(OC3OC(CO)C(O)C(O)C3O)C(O)C2O)C(O)C1O)C(O)CCCCCCCCCCCCCCC. The van der Waals surface area contributed by atoms with E-state index in [9.17, 15) is 61.0 Å². The summed E-state index contributed by atoms with van der Waals surface area (Å²) in [5.41, 5.74) is 0. The molecule has 3 heterocycles. The molecule has 3 saturated heterocycles. The molecule has 17 unspecified atom stereocenters. The molecule has 0 radical (unpaired) electrons. The lowest BCUT2D eigenvalue weighted by molar-refractivity contribution is -0.379. The van der Waals surface area contributed by atoms with Gasteiger partial charge in [-0.3, -0.25) is 4.79 Å². The van der Waals surface area contributed by atoms with Crippen molar-refractivity contribution in [1.29, 1.82) is 0 Å². The van der Waals surface area contributed by atoms with Crippen LogP contribution in [0, 0.1) is 0 Å². The van der Waals surface area contributed by atoms with Gasteiger partial charge in [0.15, 0.2) is 18.9 Å². The van der Waals surface area contributed by atoms with Gasteiger partial charge in [0.05, 0.1) is 38.6 Å². The minimum atomic E-state index is -1.97. The van der Waals surface area contributed by atoms with Crippen LogP contribution in [0.15, 0.2) is 72.9 Å². The largest absolute Gasteiger partial charge is 0.394 e. The molecule has 3 fully saturated rings. The predicted molar refractivity (Wildman–Crippen MR) is 383 cm³/mol. The Labute approximate surface area is 585 Å². The first-order chi connectivity index (χ1) is 47.3. The van der Waals surface area contributed by atoms with Crippen LogP contribution in [0.2, 0.25) is 0 Å². The molecule has 0 saturated carbocycles. The first kappa shape index (κ1) is 88.4. The highest BCUT2D eigenvalue weighted by Gasteiger charge is 2.54.